The van der Waals surface area contributed by atoms with Crippen LogP contribution >= 0.6 is 11.6 Å². The van der Waals surface area contributed by atoms with Crippen LogP contribution in [0.5, 0.6) is 0 Å². The van der Waals surface area contributed by atoms with Gasteiger partial charge in [-0.2, -0.15) is 13.2 Å². The molecular formula is C25H15ClF3N3O. The number of anilines is 1. The van der Waals surface area contributed by atoms with E-state index in [-0.39, 0.29) is 22.3 Å². The van der Waals surface area contributed by atoms with Crippen LogP contribution in [0.2, 0.25) is 5.02 Å². The van der Waals surface area contributed by atoms with E-state index in [1.54, 1.807) is 30.3 Å². The molecule has 5 aromatic rings. The molecule has 2 N–H and O–H groups in total. The van der Waals surface area contributed by atoms with Gasteiger partial charge in [-0.25, -0.2) is 4.98 Å². The van der Waals surface area contributed by atoms with E-state index in [2.05, 4.69) is 4.98 Å². The third-order valence-electron chi connectivity index (χ3n) is 5.48. The lowest BCUT2D eigenvalue weighted by molar-refractivity contribution is -0.141. The van der Waals surface area contributed by atoms with Gasteiger partial charge in [-0.05, 0) is 58.8 Å². The molecule has 0 aliphatic rings. The number of halogens is 4. The van der Waals surface area contributed by atoms with Crippen LogP contribution in [0.1, 0.15) is 5.69 Å². The van der Waals surface area contributed by atoms with Crippen molar-refractivity contribution in [3.63, 3.8) is 0 Å². The van der Waals surface area contributed by atoms with Crippen molar-refractivity contribution in [2.45, 2.75) is 6.18 Å². The summed E-state index contributed by atoms with van der Waals surface area (Å²) in [6.45, 7) is 0. The maximum Gasteiger partial charge on any atom is 0.433 e. The van der Waals surface area contributed by atoms with Crippen molar-refractivity contribution in [2.24, 2.45) is 0 Å². The van der Waals surface area contributed by atoms with Crippen molar-refractivity contribution in [3.05, 3.63) is 99.9 Å². The molecule has 8 heteroatoms. The Hall–Kier alpha value is -3.84. The summed E-state index contributed by atoms with van der Waals surface area (Å²) in [5.74, 6) is 0. The minimum atomic E-state index is -4.68. The fourth-order valence-corrected chi connectivity index (χ4v) is 4.02. The molecule has 0 saturated carbocycles. The van der Waals surface area contributed by atoms with E-state index in [0.717, 1.165) is 21.4 Å². The van der Waals surface area contributed by atoms with Gasteiger partial charge in [0.15, 0.2) is 0 Å². The van der Waals surface area contributed by atoms with E-state index >= 15 is 0 Å². The van der Waals surface area contributed by atoms with Crippen molar-refractivity contribution in [3.8, 4) is 16.8 Å². The number of aromatic nitrogens is 2. The van der Waals surface area contributed by atoms with Crippen molar-refractivity contribution >= 4 is 39.1 Å². The van der Waals surface area contributed by atoms with Gasteiger partial charge in [-0.15, -0.1) is 0 Å². The Morgan fingerprint density at radius 3 is 2.27 bits per heavy atom. The van der Waals surface area contributed by atoms with E-state index in [1.165, 1.54) is 6.07 Å². The maximum atomic E-state index is 13.7. The average Bonchev–Trinajstić information content (AvgIpc) is 2.79. The molecule has 0 saturated heterocycles. The minimum absolute atomic E-state index is 0.0664. The Morgan fingerprint density at radius 1 is 0.879 bits per heavy atom. The normalized spacial score (nSPS) is 11.9. The van der Waals surface area contributed by atoms with Crippen LogP contribution in [0.15, 0.2) is 83.7 Å². The number of fused-ring (bicyclic) bond motifs is 2. The van der Waals surface area contributed by atoms with Gasteiger partial charge in [0.25, 0.3) is 5.56 Å². The van der Waals surface area contributed by atoms with Gasteiger partial charge < -0.3 is 5.73 Å². The second kappa shape index (κ2) is 7.64. The number of nitrogen functional groups attached to an aromatic ring is 1. The molecule has 4 nitrogen and oxygen atoms in total. The maximum absolute atomic E-state index is 13.7. The van der Waals surface area contributed by atoms with Gasteiger partial charge in [-0.3, -0.25) is 9.36 Å². The molecule has 0 aliphatic heterocycles. The Morgan fingerprint density at radius 2 is 1.58 bits per heavy atom. The third-order valence-corrected chi connectivity index (χ3v) is 5.73. The van der Waals surface area contributed by atoms with E-state index in [1.807, 2.05) is 36.4 Å². The summed E-state index contributed by atoms with van der Waals surface area (Å²) >= 11 is 5.98. The summed E-state index contributed by atoms with van der Waals surface area (Å²) in [5.41, 5.74) is 5.62. The Kier molecular flexibility index (Phi) is 4.87. The SMILES string of the molecule is Nc1c(-c2ccc3ccccc3c2)c(=O)n(-c2ccc(Cl)cc2)c2nc(C(F)(F)F)ccc12. The molecule has 2 aromatic heterocycles. The molecule has 2 heterocycles. The second-order valence-corrected chi connectivity index (χ2v) is 7.97. The molecule has 0 bridgehead atoms. The lowest BCUT2D eigenvalue weighted by Crippen LogP contribution is -2.24. The van der Waals surface area contributed by atoms with E-state index in [4.69, 9.17) is 17.3 Å². The lowest BCUT2D eigenvalue weighted by atomic mass is 9.99. The molecule has 0 aliphatic carbocycles. The monoisotopic (exact) mass is 465 g/mol. The van der Waals surface area contributed by atoms with Gasteiger partial charge in [0.2, 0.25) is 0 Å². The van der Waals surface area contributed by atoms with Crippen LogP contribution in [0.4, 0.5) is 18.9 Å². The Balaban J connectivity index is 1.89. The van der Waals surface area contributed by atoms with Crippen molar-refractivity contribution in [2.75, 3.05) is 5.73 Å². The van der Waals surface area contributed by atoms with Crippen LogP contribution in [-0.2, 0) is 6.18 Å². The zero-order chi connectivity index (χ0) is 23.3. The first-order chi connectivity index (χ1) is 15.7. The molecule has 33 heavy (non-hydrogen) atoms. The predicted octanol–water partition coefficient (Wildman–Crippen LogP) is 6.46. The van der Waals surface area contributed by atoms with Crippen LogP contribution in [0.3, 0.4) is 0 Å². The average molecular weight is 466 g/mol. The molecule has 0 amide bonds. The number of nitrogens with two attached hydrogens (primary N) is 1. The zero-order valence-electron chi connectivity index (χ0n) is 16.9. The summed E-state index contributed by atoms with van der Waals surface area (Å²) in [5, 5.41) is 2.54. The number of benzene rings is 3. The largest absolute Gasteiger partial charge is 0.433 e. The van der Waals surface area contributed by atoms with Gasteiger partial charge in [0, 0.05) is 10.4 Å². The molecular weight excluding hydrogens is 451 g/mol. The van der Waals surface area contributed by atoms with Crippen molar-refractivity contribution in [1.29, 1.82) is 0 Å². The Bertz CT molecular complexity index is 1590. The molecule has 0 unspecified atom stereocenters. The molecule has 0 atom stereocenters. The van der Waals surface area contributed by atoms with Gasteiger partial charge in [0.05, 0.1) is 16.9 Å². The smallest absolute Gasteiger partial charge is 0.397 e. The van der Waals surface area contributed by atoms with Gasteiger partial charge >= 0.3 is 6.18 Å². The lowest BCUT2D eigenvalue weighted by Gasteiger charge is -2.17. The van der Waals surface area contributed by atoms with Gasteiger partial charge in [-0.1, -0.05) is 48.0 Å². The number of nitrogens with zero attached hydrogens (tertiary/aromatic N) is 2. The van der Waals surface area contributed by atoms with Gasteiger partial charge in [0.1, 0.15) is 11.3 Å². The summed E-state index contributed by atoms with van der Waals surface area (Å²) in [4.78, 5) is 17.5. The molecule has 0 spiro atoms. The summed E-state index contributed by atoms with van der Waals surface area (Å²) in [6, 6.07) is 21.4. The predicted molar refractivity (Wildman–Crippen MR) is 125 cm³/mol. The zero-order valence-corrected chi connectivity index (χ0v) is 17.7. The highest BCUT2D eigenvalue weighted by Crippen LogP contribution is 2.35. The van der Waals surface area contributed by atoms with Crippen LogP contribution in [0, 0.1) is 0 Å². The number of hydrogen-bond acceptors (Lipinski definition) is 3. The van der Waals surface area contributed by atoms with Crippen LogP contribution < -0.4 is 11.3 Å². The van der Waals surface area contributed by atoms with Crippen molar-refractivity contribution in [1.82, 2.24) is 9.55 Å². The summed E-state index contributed by atoms with van der Waals surface area (Å²) in [6.07, 6.45) is -4.68. The van der Waals surface area contributed by atoms with Crippen molar-refractivity contribution < 1.29 is 13.2 Å². The highest BCUT2D eigenvalue weighted by Gasteiger charge is 2.33. The number of hydrogen-bond donors (Lipinski definition) is 1. The van der Waals surface area contributed by atoms with Crippen LogP contribution in [-0.4, -0.2) is 9.55 Å². The second-order valence-electron chi connectivity index (χ2n) is 7.53. The van der Waals surface area contributed by atoms with E-state index in [9.17, 15) is 18.0 Å². The highest BCUT2D eigenvalue weighted by atomic mass is 35.5. The fourth-order valence-electron chi connectivity index (χ4n) is 3.90. The van der Waals surface area contributed by atoms with E-state index < -0.39 is 17.4 Å². The first-order valence-electron chi connectivity index (χ1n) is 9.91. The summed E-state index contributed by atoms with van der Waals surface area (Å²) in [7, 11) is 0. The topological polar surface area (TPSA) is 60.9 Å². The number of rotatable bonds is 2. The first kappa shape index (κ1) is 21.0. The third kappa shape index (κ3) is 3.60. The fraction of sp³-hybridized carbons (Fsp3) is 0.0400. The quantitative estimate of drug-likeness (QED) is 0.325. The summed E-state index contributed by atoms with van der Waals surface area (Å²) < 4.78 is 41.3. The standard InChI is InChI=1S/C25H15ClF3N3O/c26-17-7-9-18(10-8-17)32-23-19(11-12-20(31-23)25(27,28)29)22(30)21(24(32)33)16-6-5-14-3-1-2-4-15(14)13-16/h1-13H,30H2. The Labute approximate surface area is 190 Å². The first-order valence-corrected chi connectivity index (χ1v) is 10.3. The molecule has 3 aromatic carbocycles. The molecule has 0 fully saturated rings. The molecule has 0 radical (unpaired) electrons. The number of pyridine rings is 2. The van der Waals surface area contributed by atoms with Crippen LogP contribution in [0.25, 0.3) is 38.6 Å². The molecule has 164 valence electrons. The minimum Gasteiger partial charge on any atom is -0.397 e. The highest BCUT2D eigenvalue weighted by molar-refractivity contribution is 6.30. The number of alkyl halides is 3. The molecule has 5 rings (SSSR count). The van der Waals surface area contributed by atoms with E-state index in [0.29, 0.717) is 16.3 Å².